The Morgan fingerprint density at radius 2 is 1.90 bits per heavy atom. The van der Waals surface area contributed by atoms with E-state index in [0.717, 1.165) is 11.0 Å². The molecule has 0 aliphatic carbocycles. The number of aromatic nitrogens is 4. The van der Waals surface area contributed by atoms with Crippen molar-refractivity contribution in [2.45, 2.75) is 20.4 Å². The highest BCUT2D eigenvalue weighted by Crippen LogP contribution is 2.28. The summed E-state index contributed by atoms with van der Waals surface area (Å²) in [7, 11) is 0. The van der Waals surface area contributed by atoms with Gasteiger partial charge in [0, 0.05) is 12.1 Å². The number of pyridine rings is 1. The first-order valence-electron chi connectivity index (χ1n) is 9.84. The molecule has 5 aromatic rings. The molecule has 154 valence electrons. The molecule has 7 nitrogen and oxygen atoms in total. The van der Waals surface area contributed by atoms with Gasteiger partial charge in [-0.15, -0.1) is 0 Å². The first-order chi connectivity index (χ1) is 15.0. The highest BCUT2D eigenvalue weighted by atomic mass is 19.1. The van der Waals surface area contributed by atoms with E-state index in [1.165, 1.54) is 12.1 Å². The lowest BCUT2D eigenvalue weighted by Crippen LogP contribution is -2.16. The average Bonchev–Trinajstić information content (AvgIpc) is 3.33. The summed E-state index contributed by atoms with van der Waals surface area (Å²) in [5.41, 5.74) is 4.04. The molecule has 2 aromatic carbocycles. The van der Waals surface area contributed by atoms with Gasteiger partial charge in [-0.1, -0.05) is 17.3 Å². The number of carbonyl (C=O) groups is 1. The summed E-state index contributed by atoms with van der Waals surface area (Å²) >= 11 is 0. The molecule has 0 fully saturated rings. The molecule has 3 heterocycles. The average molecular weight is 415 g/mol. The molecule has 0 radical (unpaired) electrons. The fourth-order valence-corrected chi connectivity index (χ4v) is 3.70. The summed E-state index contributed by atoms with van der Waals surface area (Å²) in [6.07, 6.45) is 0. The maximum atomic E-state index is 13.3. The van der Waals surface area contributed by atoms with E-state index in [2.05, 4.69) is 20.4 Å². The lowest BCUT2D eigenvalue weighted by molar-refractivity contribution is 0.102. The molecule has 8 heteroatoms. The summed E-state index contributed by atoms with van der Waals surface area (Å²) in [6, 6.07) is 15.3. The SMILES string of the molecule is CCn1c(NC(=O)c2cc(-c3ccc(F)cc3)nc3onc(C)c23)nc2ccccc21. The zero-order chi connectivity index (χ0) is 21.5. The van der Waals surface area contributed by atoms with Crippen LogP contribution in [0.25, 0.3) is 33.4 Å². The van der Waals surface area contributed by atoms with Crippen molar-refractivity contribution in [3.05, 3.63) is 71.7 Å². The second kappa shape index (κ2) is 7.32. The number of rotatable bonds is 4. The number of para-hydroxylation sites is 2. The van der Waals surface area contributed by atoms with E-state index in [1.807, 2.05) is 35.8 Å². The maximum Gasteiger partial charge on any atom is 0.259 e. The van der Waals surface area contributed by atoms with Crippen LogP contribution < -0.4 is 5.32 Å². The lowest BCUT2D eigenvalue weighted by atomic mass is 10.1. The Hall–Kier alpha value is -4.07. The molecule has 0 unspecified atom stereocenters. The smallest absolute Gasteiger partial charge is 0.259 e. The number of benzene rings is 2. The number of anilines is 1. The van der Waals surface area contributed by atoms with Gasteiger partial charge in [0.25, 0.3) is 11.6 Å². The van der Waals surface area contributed by atoms with Crippen molar-refractivity contribution in [2.24, 2.45) is 0 Å². The Balaban J connectivity index is 1.61. The molecule has 0 atom stereocenters. The van der Waals surface area contributed by atoms with Gasteiger partial charge in [-0.25, -0.2) is 14.4 Å². The third-order valence-corrected chi connectivity index (χ3v) is 5.20. The number of imidazole rings is 1. The second-order valence-corrected chi connectivity index (χ2v) is 7.13. The molecule has 0 spiro atoms. The number of hydrogen-bond acceptors (Lipinski definition) is 5. The van der Waals surface area contributed by atoms with Crippen molar-refractivity contribution >= 4 is 34.0 Å². The number of nitrogens with zero attached hydrogens (tertiary/aromatic N) is 4. The Bertz CT molecular complexity index is 1440. The fraction of sp³-hybridized carbons (Fsp3) is 0.130. The number of halogens is 1. The zero-order valence-electron chi connectivity index (χ0n) is 16.9. The fourth-order valence-electron chi connectivity index (χ4n) is 3.70. The van der Waals surface area contributed by atoms with Crippen LogP contribution in [-0.2, 0) is 6.54 Å². The molecule has 5 rings (SSSR count). The highest BCUT2D eigenvalue weighted by molar-refractivity contribution is 6.12. The summed E-state index contributed by atoms with van der Waals surface area (Å²) < 4.78 is 20.6. The van der Waals surface area contributed by atoms with Crippen LogP contribution in [0.2, 0.25) is 0 Å². The van der Waals surface area contributed by atoms with Crippen molar-refractivity contribution in [3.8, 4) is 11.3 Å². The van der Waals surface area contributed by atoms with E-state index in [1.54, 1.807) is 25.1 Å². The van der Waals surface area contributed by atoms with E-state index in [9.17, 15) is 9.18 Å². The molecular weight excluding hydrogens is 397 g/mol. The van der Waals surface area contributed by atoms with Crippen molar-refractivity contribution < 1.29 is 13.7 Å². The van der Waals surface area contributed by atoms with Gasteiger partial charge in [0.05, 0.1) is 33.4 Å². The minimum Gasteiger partial charge on any atom is -0.335 e. The third kappa shape index (κ3) is 3.22. The predicted octanol–water partition coefficient (Wildman–Crippen LogP) is 4.96. The number of hydrogen-bond donors (Lipinski definition) is 1. The molecule has 1 amide bonds. The van der Waals surface area contributed by atoms with Crippen molar-refractivity contribution in [1.29, 1.82) is 0 Å². The third-order valence-electron chi connectivity index (χ3n) is 5.20. The van der Waals surface area contributed by atoms with E-state index in [4.69, 9.17) is 4.52 Å². The number of nitrogens with one attached hydrogen (secondary N) is 1. The van der Waals surface area contributed by atoms with Gasteiger partial charge >= 0.3 is 0 Å². The standard InChI is InChI=1S/C23H18FN5O2/c1-3-29-19-7-5-4-6-17(19)26-23(29)27-21(30)16-12-18(14-8-10-15(24)11-9-14)25-22-20(16)13(2)28-31-22/h4-12H,3H2,1-2H3,(H,26,27,30). The van der Waals surface area contributed by atoms with Gasteiger partial charge in [0.2, 0.25) is 5.95 Å². The molecular formula is C23H18FN5O2. The van der Waals surface area contributed by atoms with Crippen LogP contribution in [0.5, 0.6) is 0 Å². The largest absolute Gasteiger partial charge is 0.335 e. The minimum atomic E-state index is -0.355. The quantitative estimate of drug-likeness (QED) is 0.448. The van der Waals surface area contributed by atoms with Crippen LogP contribution in [0.3, 0.4) is 0 Å². The van der Waals surface area contributed by atoms with Gasteiger partial charge in [-0.2, -0.15) is 0 Å². The highest BCUT2D eigenvalue weighted by Gasteiger charge is 2.21. The maximum absolute atomic E-state index is 13.3. The van der Waals surface area contributed by atoms with Gasteiger partial charge in [-0.3, -0.25) is 10.1 Å². The Labute approximate surface area is 176 Å². The van der Waals surface area contributed by atoms with Crippen LogP contribution in [0.1, 0.15) is 23.0 Å². The molecule has 0 aliphatic heterocycles. The second-order valence-electron chi connectivity index (χ2n) is 7.13. The Kier molecular flexibility index (Phi) is 4.47. The summed E-state index contributed by atoms with van der Waals surface area (Å²) in [5.74, 6) is -0.250. The van der Waals surface area contributed by atoms with E-state index in [-0.39, 0.29) is 17.4 Å². The lowest BCUT2D eigenvalue weighted by Gasteiger charge is -2.09. The first kappa shape index (κ1) is 18.9. The predicted molar refractivity (Wildman–Crippen MR) is 115 cm³/mol. The monoisotopic (exact) mass is 415 g/mol. The van der Waals surface area contributed by atoms with Crippen LogP contribution in [0.4, 0.5) is 10.3 Å². The van der Waals surface area contributed by atoms with Gasteiger partial charge in [0.15, 0.2) is 0 Å². The van der Waals surface area contributed by atoms with Gasteiger partial charge in [0.1, 0.15) is 5.82 Å². The molecule has 0 bridgehead atoms. The summed E-state index contributed by atoms with van der Waals surface area (Å²) in [4.78, 5) is 22.4. The van der Waals surface area contributed by atoms with Crippen molar-refractivity contribution in [3.63, 3.8) is 0 Å². The molecule has 31 heavy (non-hydrogen) atoms. The van der Waals surface area contributed by atoms with Gasteiger partial charge < -0.3 is 9.09 Å². The molecule has 0 aliphatic rings. The molecule has 1 N–H and O–H groups in total. The van der Waals surface area contributed by atoms with Gasteiger partial charge in [-0.05, 0) is 56.3 Å². The molecule has 0 saturated heterocycles. The number of fused-ring (bicyclic) bond motifs is 2. The normalized spacial score (nSPS) is 11.3. The minimum absolute atomic E-state index is 0.244. The molecule has 0 saturated carbocycles. The van der Waals surface area contributed by atoms with Crippen molar-refractivity contribution in [1.82, 2.24) is 19.7 Å². The molecule has 3 aromatic heterocycles. The zero-order valence-corrected chi connectivity index (χ0v) is 16.9. The van der Waals surface area contributed by atoms with Crippen LogP contribution in [0, 0.1) is 12.7 Å². The topological polar surface area (TPSA) is 85.8 Å². The number of carbonyl (C=O) groups excluding carboxylic acids is 1. The summed E-state index contributed by atoms with van der Waals surface area (Å²) in [5, 5.41) is 7.41. The Morgan fingerprint density at radius 3 is 2.68 bits per heavy atom. The first-order valence-corrected chi connectivity index (χ1v) is 9.84. The number of amides is 1. The number of aryl methyl sites for hydroxylation is 2. The van der Waals surface area contributed by atoms with Crippen LogP contribution in [-0.4, -0.2) is 25.6 Å². The van der Waals surface area contributed by atoms with E-state index < -0.39 is 0 Å². The van der Waals surface area contributed by atoms with E-state index in [0.29, 0.717) is 40.4 Å². The van der Waals surface area contributed by atoms with Crippen molar-refractivity contribution in [2.75, 3.05) is 5.32 Å². The van der Waals surface area contributed by atoms with E-state index >= 15 is 0 Å². The van der Waals surface area contributed by atoms with Crippen LogP contribution in [0.15, 0.2) is 59.1 Å². The van der Waals surface area contributed by atoms with Crippen LogP contribution >= 0.6 is 0 Å². The summed E-state index contributed by atoms with van der Waals surface area (Å²) in [6.45, 7) is 4.39. The Morgan fingerprint density at radius 1 is 1.13 bits per heavy atom.